The summed E-state index contributed by atoms with van der Waals surface area (Å²) in [4.78, 5) is 0. The van der Waals surface area contributed by atoms with E-state index >= 15 is 0 Å². The van der Waals surface area contributed by atoms with Gasteiger partial charge in [0, 0.05) is 5.82 Å². The van der Waals surface area contributed by atoms with Crippen LogP contribution in [0, 0.1) is 0 Å². The van der Waals surface area contributed by atoms with Crippen LogP contribution in [0.25, 0.3) is 11.1 Å². The summed E-state index contributed by atoms with van der Waals surface area (Å²) in [7, 11) is 0. The van der Waals surface area contributed by atoms with Crippen molar-refractivity contribution in [2.75, 3.05) is 0 Å². The second-order valence-electron chi connectivity index (χ2n) is 4.51. The van der Waals surface area contributed by atoms with Gasteiger partial charge in [0.15, 0.2) is 0 Å². The van der Waals surface area contributed by atoms with Crippen LogP contribution < -0.4 is 5.46 Å². The highest BCUT2D eigenvalue weighted by Gasteiger charge is 2.37. The van der Waals surface area contributed by atoms with Crippen LogP contribution in [-0.4, -0.2) is 8.72 Å². The molecule has 1 unspecified atom stereocenters. The lowest BCUT2D eigenvalue weighted by Crippen LogP contribution is -2.26. The van der Waals surface area contributed by atoms with Gasteiger partial charge in [0.1, 0.15) is 0 Å². The summed E-state index contributed by atoms with van der Waals surface area (Å²) < 4.78 is 0.396. The number of halogens is 4. The first-order chi connectivity index (χ1) is 9.11. The smallest absolute Gasteiger partial charge is 0.138 e. The van der Waals surface area contributed by atoms with Crippen molar-refractivity contribution >= 4 is 77.2 Å². The monoisotopic (exact) mass is 502 g/mol. The second kappa shape index (κ2) is 5.70. The van der Waals surface area contributed by atoms with Crippen LogP contribution in [0.15, 0.2) is 42.5 Å². The van der Waals surface area contributed by atoms with Crippen molar-refractivity contribution in [3.8, 4) is 11.1 Å². The van der Waals surface area contributed by atoms with Gasteiger partial charge in [0.25, 0.3) is 0 Å². The van der Waals surface area contributed by atoms with Gasteiger partial charge in [-0.25, -0.2) is 0 Å². The number of rotatable bonds is 2. The molecule has 0 nitrogen and oxygen atoms in total. The van der Waals surface area contributed by atoms with Gasteiger partial charge in [-0.2, -0.15) is 0 Å². The molecule has 94 valence electrons. The fourth-order valence-electron chi connectivity index (χ4n) is 2.79. The Bertz CT molecular complexity index is 628. The van der Waals surface area contributed by atoms with E-state index in [2.05, 4.69) is 105 Å². The summed E-state index contributed by atoms with van der Waals surface area (Å²) in [5, 5.41) is 0. The minimum absolute atomic E-state index is 0.172. The molecule has 1 atom stereocenters. The van der Waals surface area contributed by atoms with Crippen LogP contribution >= 0.6 is 63.0 Å². The molecule has 2 aromatic rings. The number of hydrogen-bond acceptors (Lipinski definition) is 0. The molecule has 3 rings (SSSR count). The lowest BCUT2D eigenvalue weighted by atomic mass is 9.73. The van der Waals surface area contributed by atoms with Crippen molar-refractivity contribution in [3.63, 3.8) is 0 Å². The molecule has 19 heavy (non-hydrogen) atoms. The molecule has 0 saturated heterocycles. The van der Waals surface area contributed by atoms with Gasteiger partial charge in [-0.3, -0.25) is 0 Å². The van der Waals surface area contributed by atoms with Crippen molar-refractivity contribution in [2.45, 2.75) is 5.82 Å². The maximum Gasteiger partial charge on any atom is 0.329 e. The highest BCUT2D eigenvalue weighted by Crippen LogP contribution is 2.47. The van der Waals surface area contributed by atoms with E-state index in [9.17, 15) is 0 Å². The fraction of sp³-hybridized carbons (Fsp3) is 0.0769. The van der Waals surface area contributed by atoms with E-state index in [1.807, 2.05) is 0 Å². The zero-order valence-corrected chi connectivity index (χ0v) is 16.1. The average Bonchev–Trinajstić information content (AvgIpc) is 2.72. The molecule has 0 aromatic heterocycles. The summed E-state index contributed by atoms with van der Waals surface area (Å²) in [5.41, 5.74) is 6.74. The van der Waals surface area contributed by atoms with Crippen molar-refractivity contribution in [1.82, 2.24) is 0 Å². The van der Waals surface area contributed by atoms with Crippen molar-refractivity contribution in [2.24, 2.45) is 0 Å². The van der Waals surface area contributed by atoms with E-state index in [0.29, 0.717) is 5.82 Å². The lowest BCUT2D eigenvalue weighted by molar-refractivity contribution is 1.21. The summed E-state index contributed by atoms with van der Waals surface area (Å²) in [5.74, 6) is 0.333. The molecular formula is C13H8B2Br4. The predicted octanol–water partition coefficient (Wildman–Crippen LogP) is 5.10. The zero-order chi connectivity index (χ0) is 13.6. The molecule has 0 aliphatic heterocycles. The van der Waals surface area contributed by atoms with E-state index in [1.54, 1.807) is 0 Å². The molecular weight excluding hydrogens is 497 g/mol. The maximum atomic E-state index is 3.71. The van der Waals surface area contributed by atoms with E-state index in [1.165, 1.54) is 27.7 Å². The van der Waals surface area contributed by atoms with Gasteiger partial charge in [-0.05, 0) is 22.3 Å². The third kappa shape index (κ3) is 2.43. The van der Waals surface area contributed by atoms with Gasteiger partial charge in [0.2, 0.25) is 0 Å². The van der Waals surface area contributed by atoms with Gasteiger partial charge in [-0.1, -0.05) is 47.9 Å². The molecule has 0 radical (unpaired) electrons. The molecule has 0 bridgehead atoms. The third-order valence-electron chi connectivity index (χ3n) is 3.52. The number of hydrogen-bond donors (Lipinski definition) is 0. The van der Waals surface area contributed by atoms with Crippen LogP contribution in [0.3, 0.4) is 0 Å². The normalized spacial score (nSPS) is 15.9. The van der Waals surface area contributed by atoms with Crippen LogP contribution in [-0.2, 0) is 0 Å². The SMILES string of the molecule is BrB(Br)c1cccc2c1C(B(Br)Br)c1ccccc1-2. The van der Waals surface area contributed by atoms with Crippen LogP contribution in [0.5, 0.6) is 0 Å². The molecule has 0 heterocycles. The molecule has 0 spiro atoms. The average molecular weight is 505 g/mol. The molecule has 2 aromatic carbocycles. The van der Waals surface area contributed by atoms with Gasteiger partial charge in [-0.15, -0.1) is 63.0 Å². The highest BCUT2D eigenvalue weighted by atomic mass is 79.9. The lowest BCUT2D eigenvalue weighted by Gasteiger charge is -2.17. The molecule has 0 N–H and O–H groups in total. The Morgan fingerprint density at radius 2 is 1.47 bits per heavy atom. The number of benzene rings is 2. The quantitative estimate of drug-likeness (QED) is 0.499. The molecule has 6 heteroatoms. The van der Waals surface area contributed by atoms with Crippen molar-refractivity contribution < 1.29 is 0 Å². The zero-order valence-electron chi connectivity index (χ0n) is 9.79. The molecule has 0 amide bonds. The molecule has 1 aliphatic carbocycles. The van der Waals surface area contributed by atoms with Gasteiger partial charge in [0.05, 0.1) is 0 Å². The maximum absolute atomic E-state index is 3.71. The van der Waals surface area contributed by atoms with Crippen molar-refractivity contribution in [3.05, 3.63) is 53.6 Å². The molecule has 0 fully saturated rings. The summed E-state index contributed by atoms with van der Waals surface area (Å²) >= 11 is 14.7. The summed E-state index contributed by atoms with van der Waals surface area (Å²) in [6.07, 6.45) is 0. The van der Waals surface area contributed by atoms with Gasteiger partial charge >= 0.3 is 8.72 Å². The highest BCUT2D eigenvalue weighted by molar-refractivity contribution is 9.49. The van der Waals surface area contributed by atoms with E-state index in [4.69, 9.17) is 0 Å². The van der Waals surface area contributed by atoms with Crippen LogP contribution in [0.1, 0.15) is 16.9 Å². The first-order valence-electron chi connectivity index (χ1n) is 5.89. The third-order valence-corrected chi connectivity index (χ3v) is 5.57. The van der Waals surface area contributed by atoms with E-state index in [0.717, 1.165) is 0 Å². The number of fused-ring (bicyclic) bond motifs is 3. The Balaban J connectivity index is 2.31. The minimum atomic E-state index is 0.172. The largest absolute Gasteiger partial charge is 0.329 e. The van der Waals surface area contributed by atoms with E-state index < -0.39 is 0 Å². The second-order valence-corrected chi connectivity index (χ2v) is 10.8. The summed E-state index contributed by atoms with van der Waals surface area (Å²) in [6.45, 7) is 0. The summed E-state index contributed by atoms with van der Waals surface area (Å²) in [6, 6.07) is 15.2. The molecule has 0 saturated carbocycles. The van der Waals surface area contributed by atoms with Crippen molar-refractivity contribution in [1.29, 1.82) is 0 Å². The first-order valence-corrected chi connectivity index (χ1v) is 9.56. The Labute approximate surface area is 146 Å². The first kappa shape index (κ1) is 14.4. The Hall–Kier alpha value is 0.490. The molecule has 1 aliphatic rings. The topological polar surface area (TPSA) is 0 Å². The predicted molar refractivity (Wildman–Crippen MR) is 101 cm³/mol. The standard InChI is InChI=1S/C13H8B2Br4/c16-14(17)11-7-3-6-9-8-4-1-2-5-10(8)13(12(9)11)15(18)19/h1-7,13H. The fourth-order valence-corrected chi connectivity index (χ4v) is 4.68. The van der Waals surface area contributed by atoms with Gasteiger partial charge < -0.3 is 0 Å². The van der Waals surface area contributed by atoms with E-state index in [-0.39, 0.29) is 8.72 Å². The van der Waals surface area contributed by atoms with Crippen LogP contribution in [0.4, 0.5) is 0 Å². The Morgan fingerprint density at radius 1 is 0.789 bits per heavy atom. The Morgan fingerprint density at radius 3 is 2.16 bits per heavy atom. The Kier molecular flexibility index (Phi) is 4.33. The van der Waals surface area contributed by atoms with Crippen LogP contribution in [0.2, 0.25) is 0 Å². The minimum Gasteiger partial charge on any atom is -0.138 e.